The van der Waals surface area contributed by atoms with Crippen molar-refractivity contribution in [3.8, 4) is 5.75 Å². The highest BCUT2D eigenvalue weighted by Gasteiger charge is 2.34. The van der Waals surface area contributed by atoms with Gasteiger partial charge in [0, 0.05) is 11.3 Å². The van der Waals surface area contributed by atoms with Gasteiger partial charge in [0.05, 0.1) is 18.2 Å². The number of carbonyl (C=O) groups is 3. The summed E-state index contributed by atoms with van der Waals surface area (Å²) in [4.78, 5) is 35.7. The Balaban J connectivity index is 2.50. The van der Waals surface area contributed by atoms with E-state index in [-0.39, 0.29) is 13.2 Å². The summed E-state index contributed by atoms with van der Waals surface area (Å²) in [6.45, 7) is 3.56. The predicted molar refractivity (Wildman–Crippen MR) is 94.1 cm³/mol. The molecular weight excluding hydrogens is 338 g/mol. The topological polar surface area (TPSA) is 120 Å². The zero-order valence-electron chi connectivity index (χ0n) is 14.8. The second-order valence-electron chi connectivity index (χ2n) is 5.69. The van der Waals surface area contributed by atoms with Crippen molar-refractivity contribution in [2.75, 3.05) is 13.2 Å². The number of ether oxygens (including phenoxy) is 2. The Labute approximate surface area is 151 Å². The molecule has 0 fully saturated rings. The second kappa shape index (κ2) is 8.89. The van der Waals surface area contributed by atoms with Crippen molar-refractivity contribution in [3.63, 3.8) is 0 Å². The Kier molecular flexibility index (Phi) is 6.60. The van der Waals surface area contributed by atoms with E-state index < -0.39 is 23.9 Å². The average molecular weight is 361 g/mol. The van der Waals surface area contributed by atoms with Crippen LogP contribution in [0.15, 0.2) is 35.5 Å². The van der Waals surface area contributed by atoms with Gasteiger partial charge < -0.3 is 25.8 Å². The van der Waals surface area contributed by atoms with Gasteiger partial charge >= 0.3 is 12.0 Å². The summed E-state index contributed by atoms with van der Waals surface area (Å²) in [5.41, 5.74) is 6.52. The fraction of sp³-hybridized carbons (Fsp3) is 0.389. The number of benzene rings is 1. The van der Waals surface area contributed by atoms with Gasteiger partial charge in [-0.2, -0.15) is 0 Å². The molecule has 0 aromatic heterocycles. The van der Waals surface area contributed by atoms with Gasteiger partial charge in [-0.25, -0.2) is 9.59 Å². The number of hydrogen-bond donors (Lipinski definition) is 3. The van der Waals surface area contributed by atoms with Crippen LogP contribution in [0.4, 0.5) is 4.79 Å². The molecular formula is C18H23N3O5. The van der Waals surface area contributed by atoms with Crippen LogP contribution in [0.3, 0.4) is 0 Å². The highest BCUT2D eigenvalue weighted by atomic mass is 16.5. The number of amides is 3. The Bertz CT molecular complexity index is 729. The molecule has 8 nitrogen and oxygen atoms in total. The molecule has 1 heterocycles. The van der Waals surface area contributed by atoms with Crippen LogP contribution < -0.4 is 21.1 Å². The molecule has 0 radical (unpaired) electrons. The van der Waals surface area contributed by atoms with E-state index in [0.29, 0.717) is 29.0 Å². The third-order valence-electron chi connectivity index (χ3n) is 3.75. The van der Waals surface area contributed by atoms with E-state index in [0.717, 1.165) is 6.42 Å². The van der Waals surface area contributed by atoms with E-state index >= 15 is 0 Å². The van der Waals surface area contributed by atoms with Gasteiger partial charge in [0.2, 0.25) is 0 Å². The lowest BCUT2D eigenvalue weighted by atomic mass is 9.93. The largest absolute Gasteiger partial charge is 0.483 e. The monoisotopic (exact) mass is 361 g/mol. The molecule has 0 saturated carbocycles. The van der Waals surface area contributed by atoms with E-state index in [1.165, 1.54) is 0 Å². The smallest absolute Gasteiger partial charge is 0.338 e. The summed E-state index contributed by atoms with van der Waals surface area (Å²) in [6, 6.07) is 5.67. The maximum atomic E-state index is 12.6. The molecule has 1 aromatic carbocycles. The molecule has 1 aliphatic heterocycles. The summed E-state index contributed by atoms with van der Waals surface area (Å²) >= 11 is 0. The Morgan fingerprint density at radius 1 is 1.23 bits per heavy atom. The predicted octanol–water partition coefficient (Wildman–Crippen LogP) is 1.52. The molecule has 26 heavy (non-hydrogen) atoms. The molecule has 8 heteroatoms. The Morgan fingerprint density at radius 3 is 2.62 bits per heavy atom. The van der Waals surface area contributed by atoms with Crippen molar-refractivity contribution in [2.45, 2.75) is 32.7 Å². The standard InChI is InChI=1S/C18H23N3O5/c1-3-7-12-15(17(23)25-4-2)16(21-18(24)20-12)11-8-5-6-9-13(11)26-10-14(19)22/h5-6,8-9,16H,3-4,7,10H2,1-2H3,(H2,19,22)(H2,20,21,24)/t16-/m1/s1. The first-order valence-electron chi connectivity index (χ1n) is 8.45. The minimum Gasteiger partial charge on any atom is -0.483 e. The van der Waals surface area contributed by atoms with Crippen LogP contribution in [0.1, 0.15) is 38.3 Å². The van der Waals surface area contributed by atoms with E-state index in [9.17, 15) is 14.4 Å². The van der Waals surface area contributed by atoms with Crippen molar-refractivity contribution in [1.82, 2.24) is 10.6 Å². The van der Waals surface area contributed by atoms with Crippen LogP contribution in [0.2, 0.25) is 0 Å². The minimum atomic E-state index is -0.756. The quantitative estimate of drug-likeness (QED) is 0.607. The lowest BCUT2D eigenvalue weighted by Gasteiger charge is -2.30. The number of rotatable bonds is 8. The molecule has 1 aromatic rings. The number of hydrogen-bond acceptors (Lipinski definition) is 5. The first kappa shape index (κ1) is 19.3. The summed E-state index contributed by atoms with van der Waals surface area (Å²) in [5.74, 6) is -0.781. The molecule has 4 N–H and O–H groups in total. The number of carbonyl (C=O) groups excluding carboxylic acids is 3. The van der Waals surface area contributed by atoms with Gasteiger partial charge in [0.15, 0.2) is 6.61 Å². The summed E-state index contributed by atoms with van der Waals surface area (Å²) < 4.78 is 10.6. The number of para-hydroxylation sites is 1. The number of esters is 1. The lowest BCUT2D eigenvalue weighted by molar-refractivity contribution is -0.139. The van der Waals surface area contributed by atoms with Crippen molar-refractivity contribution in [3.05, 3.63) is 41.1 Å². The Hall–Kier alpha value is -3.03. The van der Waals surface area contributed by atoms with Gasteiger partial charge in [0.25, 0.3) is 5.91 Å². The summed E-state index contributed by atoms with van der Waals surface area (Å²) in [7, 11) is 0. The highest BCUT2D eigenvalue weighted by Crippen LogP contribution is 2.34. The number of primary amides is 1. The zero-order chi connectivity index (χ0) is 19.1. The average Bonchev–Trinajstić information content (AvgIpc) is 2.60. The van der Waals surface area contributed by atoms with Crippen LogP contribution in [-0.2, 0) is 14.3 Å². The normalized spacial score (nSPS) is 16.5. The van der Waals surface area contributed by atoms with E-state index in [1.54, 1.807) is 31.2 Å². The van der Waals surface area contributed by atoms with Crippen molar-refractivity contribution >= 4 is 17.9 Å². The maximum absolute atomic E-state index is 12.6. The van der Waals surface area contributed by atoms with Crippen molar-refractivity contribution < 1.29 is 23.9 Å². The summed E-state index contributed by atoms with van der Waals surface area (Å²) in [5, 5.41) is 5.42. The van der Waals surface area contributed by atoms with Crippen LogP contribution in [0.5, 0.6) is 5.75 Å². The SMILES string of the molecule is CCCC1=C(C(=O)OCC)[C@@H](c2ccccc2OCC(N)=O)NC(=O)N1. The van der Waals surface area contributed by atoms with E-state index in [4.69, 9.17) is 15.2 Å². The zero-order valence-corrected chi connectivity index (χ0v) is 14.8. The fourth-order valence-electron chi connectivity index (χ4n) is 2.75. The van der Waals surface area contributed by atoms with Crippen molar-refractivity contribution in [2.24, 2.45) is 5.73 Å². The Morgan fingerprint density at radius 2 is 1.96 bits per heavy atom. The van der Waals surface area contributed by atoms with Gasteiger partial charge in [-0.3, -0.25) is 4.79 Å². The molecule has 3 amide bonds. The molecule has 2 rings (SSSR count). The van der Waals surface area contributed by atoms with Gasteiger partial charge in [-0.05, 0) is 19.4 Å². The van der Waals surface area contributed by atoms with Crippen LogP contribution in [-0.4, -0.2) is 31.1 Å². The molecule has 1 aliphatic rings. The molecule has 0 saturated heterocycles. The number of allylic oxidation sites excluding steroid dienone is 1. The summed E-state index contributed by atoms with van der Waals surface area (Å²) in [6.07, 6.45) is 1.26. The van der Waals surface area contributed by atoms with Gasteiger partial charge in [-0.1, -0.05) is 31.5 Å². The minimum absolute atomic E-state index is 0.211. The third-order valence-corrected chi connectivity index (χ3v) is 3.75. The van der Waals surface area contributed by atoms with Crippen LogP contribution in [0, 0.1) is 0 Å². The highest BCUT2D eigenvalue weighted by molar-refractivity contribution is 5.95. The van der Waals surface area contributed by atoms with E-state index in [1.807, 2.05) is 6.92 Å². The molecule has 0 spiro atoms. The fourth-order valence-corrected chi connectivity index (χ4v) is 2.75. The molecule has 0 aliphatic carbocycles. The van der Waals surface area contributed by atoms with Gasteiger partial charge in [0.1, 0.15) is 5.75 Å². The lowest BCUT2D eigenvalue weighted by Crippen LogP contribution is -2.46. The van der Waals surface area contributed by atoms with Crippen LogP contribution in [0.25, 0.3) is 0 Å². The number of nitrogens with one attached hydrogen (secondary N) is 2. The number of urea groups is 1. The van der Waals surface area contributed by atoms with Crippen LogP contribution >= 0.6 is 0 Å². The van der Waals surface area contributed by atoms with Crippen molar-refractivity contribution in [1.29, 1.82) is 0 Å². The molecule has 0 unspecified atom stereocenters. The van der Waals surface area contributed by atoms with Gasteiger partial charge in [-0.15, -0.1) is 0 Å². The van der Waals surface area contributed by atoms with E-state index in [2.05, 4.69) is 10.6 Å². The molecule has 140 valence electrons. The second-order valence-corrected chi connectivity index (χ2v) is 5.69. The molecule has 0 bridgehead atoms. The number of nitrogens with two attached hydrogens (primary N) is 1. The molecule has 1 atom stereocenters. The third kappa shape index (κ3) is 4.53. The first-order valence-corrected chi connectivity index (χ1v) is 8.45. The first-order chi connectivity index (χ1) is 12.5. The maximum Gasteiger partial charge on any atom is 0.338 e.